The van der Waals surface area contributed by atoms with Crippen LogP contribution in [0.3, 0.4) is 0 Å². The molecule has 0 saturated heterocycles. The number of benzene rings is 2. The molecule has 6 N–H and O–H groups in total. The van der Waals surface area contributed by atoms with E-state index < -0.39 is 36.2 Å². The molecule has 0 atom stereocenters. The Morgan fingerprint density at radius 1 is 0.680 bits per heavy atom. The molecule has 4 rings (SSSR count). The number of nitrogens with zero attached hydrogens (tertiary/aromatic N) is 2. The number of aromatic amines is 2. The predicted molar refractivity (Wildman–Crippen MR) is 189 cm³/mol. The van der Waals surface area contributed by atoms with E-state index in [1.807, 2.05) is 0 Å². The van der Waals surface area contributed by atoms with E-state index >= 15 is 0 Å². The van der Waals surface area contributed by atoms with E-state index in [1.54, 1.807) is 42.7 Å². The Kier molecular flexibility index (Phi) is 14.1. The molecule has 15 heteroatoms. The molecular weight excluding hydrogens is 644 g/mol. The van der Waals surface area contributed by atoms with E-state index in [2.05, 4.69) is 55.5 Å². The van der Waals surface area contributed by atoms with Crippen molar-refractivity contribution in [2.45, 2.75) is 65.2 Å². The standard InChI is InChI=1S/C35H42N8O7/c1-3-5-7-15-36-34(47)42-40-21-23-19-38-29-11-9-25(17-27(23)29)49-32(45)14-13-31(44)33(46)50-26-10-12-30-28(18-26)24(20-39-30)22-41-43-35(48)37-16-8-6-4-2/h9-12,17-22,38-39H,3-8,13-16H2,1-2H3,(H2,36,42,47)(H2,37,43,48)/b40-21+,41-22+. The Hall–Kier alpha value is -5.99. The minimum absolute atomic E-state index is 0.122. The van der Waals surface area contributed by atoms with Gasteiger partial charge in [0.15, 0.2) is 0 Å². The van der Waals surface area contributed by atoms with Gasteiger partial charge in [-0.05, 0) is 49.2 Å². The number of aromatic nitrogens is 2. The number of amides is 4. The highest BCUT2D eigenvalue weighted by Gasteiger charge is 2.19. The van der Waals surface area contributed by atoms with Gasteiger partial charge in [-0.25, -0.2) is 25.2 Å². The fourth-order valence-corrected chi connectivity index (χ4v) is 4.80. The van der Waals surface area contributed by atoms with Crippen LogP contribution in [0.1, 0.15) is 76.3 Å². The number of urea groups is 2. The van der Waals surface area contributed by atoms with Gasteiger partial charge in [0.1, 0.15) is 11.5 Å². The molecule has 0 radical (unpaired) electrons. The molecule has 4 amide bonds. The second kappa shape index (κ2) is 19.1. The first-order valence-electron chi connectivity index (χ1n) is 16.6. The van der Waals surface area contributed by atoms with E-state index in [0.717, 1.165) is 49.6 Å². The van der Waals surface area contributed by atoms with Crippen LogP contribution in [-0.4, -0.2) is 65.3 Å². The molecule has 0 saturated carbocycles. The van der Waals surface area contributed by atoms with Crippen LogP contribution in [0, 0.1) is 0 Å². The molecule has 15 nitrogen and oxygen atoms in total. The van der Waals surface area contributed by atoms with Crippen LogP contribution in [0.5, 0.6) is 11.5 Å². The summed E-state index contributed by atoms with van der Waals surface area (Å²) in [5.74, 6) is -2.37. The minimum atomic E-state index is -1.12. The van der Waals surface area contributed by atoms with E-state index in [-0.39, 0.29) is 17.9 Å². The topological polar surface area (TPSA) is 208 Å². The van der Waals surface area contributed by atoms with Crippen molar-refractivity contribution in [3.05, 3.63) is 59.9 Å². The smallest absolute Gasteiger partial charge is 0.379 e. The molecule has 0 fully saturated rings. The summed E-state index contributed by atoms with van der Waals surface area (Å²) in [4.78, 5) is 67.5. The highest BCUT2D eigenvalue weighted by molar-refractivity contribution is 6.34. The van der Waals surface area contributed by atoms with Crippen molar-refractivity contribution in [1.82, 2.24) is 31.5 Å². The maximum atomic E-state index is 12.5. The molecule has 264 valence electrons. The first-order valence-corrected chi connectivity index (χ1v) is 16.6. The number of nitrogens with one attached hydrogen (secondary N) is 6. The third-order valence-corrected chi connectivity index (χ3v) is 7.47. The summed E-state index contributed by atoms with van der Waals surface area (Å²) in [7, 11) is 0. The van der Waals surface area contributed by atoms with E-state index in [4.69, 9.17) is 9.47 Å². The summed E-state index contributed by atoms with van der Waals surface area (Å²) in [5.41, 5.74) is 7.57. The number of H-pyrrole nitrogens is 2. The number of carbonyl (C=O) groups excluding carboxylic acids is 5. The number of ether oxygens (including phenoxy) is 2. The summed E-state index contributed by atoms with van der Waals surface area (Å²) >= 11 is 0. The molecule has 0 aliphatic heterocycles. The molecule has 0 aliphatic carbocycles. The summed E-state index contributed by atoms with van der Waals surface area (Å²) in [6, 6.07) is 8.87. The van der Waals surface area contributed by atoms with Crippen LogP contribution in [0.4, 0.5) is 9.59 Å². The zero-order chi connectivity index (χ0) is 35.7. The van der Waals surface area contributed by atoms with Crippen molar-refractivity contribution >= 4 is 64.0 Å². The highest BCUT2D eigenvalue weighted by atomic mass is 16.5. The normalized spacial score (nSPS) is 11.2. The Morgan fingerprint density at radius 2 is 1.18 bits per heavy atom. The maximum absolute atomic E-state index is 12.5. The third-order valence-electron chi connectivity index (χ3n) is 7.47. The minimum Gasteiger partial charge on any atom is -0.426 e. The SMILES string of the molecule is CCCCCNC(=O)N/N=C/c1c[nH]c2ccc(OC(=O)CCC(=O)C(=O)Oc3ccc4[nH]cc(/C=N/NC(=O)NCCCCC)c4c3)cc12. The molecule has 2 heterocycles. The monoisotopic (exact) mass is 686 g/mol. The van der Waals surface area contributed by atoms with Crippen LogP contribution in [0.2, 0.25) is 0 Å². The van der Waals surface area contributed by atoms with Gasteiger partial charge in [-0.3, -0.25) is 9.59 Å². The number of hydrazone groups is 2. The molecule has 2 aromatic carbocycles. The van der Waals surface area contributed by atoms with Crippen LogP contribution < -0.4 is 31.0 Å². The predicted octanol–water partition coefficient (Wildman–Crippen LogP) is 5.16. The fourth-order valence-electron chi connectivity index (χ4n) is 4.80. The summed E-state index contributed by atoms with van der Waals surface area (Å²) in [5, 5.41) is 14.7. The number of unbranched alkanes of at least 4 members (excludes halogenated alkanes) is 4. The number of rotatable bonds is 18. The van der Waals surface area contributed by atoms with Crippen LogP contribution in [0.25, 0.3) is 21.8 Å². The Bertz CT molecular complexity index is 1860. The van der Waals surface area contributed by atoms with E-state index in [9.17, 15) is 24.0 Å². The fraction of sp³-hybridized carbons (Fsp3) is 0.343. The van der Waals surface area contributed by atoms with Crippen LogP contribution >= 0.6 is 0 Å². The molecule has 4 aromatic rings. The molecule has 2 aromatic heterocycles. The van der Waals surface area contributed by atoms with Gasteiger partial charge >= 0.3 is 24.0 Å². The van der Waals surface area contributed by atoms with Gasteiger partial charge in [-0.15, -0.1) is 0 Å². The number of carbonyl (C=O) groups is 5. The van der Waals surface area contributed by atoms with Gasteiger partial charge in [0.25, 0.3) is 0 Å². The van der Waals surface area contributed by atoms with E-state index in [0.29, 0.717) is 35.0 Å². The summed E-state index contributed by atoms with van der Waals surface area (Å²) in [6.07, 6.45) is 11.5. The number of esters is 2. The molecule has 0 unspecified atom stereocenters. The zero-order valence-corrected chi connectivity index (χ0v) is 28.1. The van der Waals surface area contributed by atoms with Gasteiger partial charge in [0, 0.05) is 64.8 Å². The van der Waals surface area contributed by atoms with Gasteiger partial charge in [-0.2, -0.15) is 10.2 Å². The maximum Gasteiger partial charge on any atom is 0.379 e. The van der Waals surface area contributed by atoms with Crippen molar-refractivity contribution in [3.63, 3.8) is 0 Å². The molecule has 0 spiro atoms. The van der Waals surface area contributed by atoms with E-state index in [1.165, 1.54) is 18.5 Å². The van der Waals surface area contributed by atoms with Crippen molar-refractivity contribution in [2.24, 2.45) is 10.2 Å². The molecule has 50 heavy (non-hydrogen) atoms. The third kappa shape index (κ3) is 11.3. The average molecular weight is 687 g/mol. The van der Waals surface area contributed by atoms with Crippen LogP contribution in [-0.2, 0) is 14.4 Å². The molecular formula is C35H42N8O7. The Balaban J connectivity index is 1.25. The average Bonchev–Trinajstić information content (AvgIpc) is 3.70. The zero-order valence-electron chi connectivity index (χ0n) is 28.1. The summed E-state index contributed by atoms with van der Waals surface area (Å²) < 4.78 is 10.7. The number of hydrogen-bond donors (Lipinski definition) is 6. The highest BCUT2D eigenvalue weighted by Crippen LogP contribution is 2.24. The lowest BCUT2D eigenvalue weighted by atomic mass is 10.2. The lowest BCUT2D eigenvalue weighted by Crippen LogP contribution is -2.32. The quantitative estimate of drug-likeness (QED) is 0.0207. The second-order valence-electron chi connectivity index (χ2n) is 11.4. The first-order chi connectivity index (χ1) is 24.3. The number of ketones is 1. The lowest BCUT2D eigenvalue weighted by Gasteiger charge is -2.06. The first kappa shape index (κ1) is 36.8. The number of hydrogen-bond acceptors (Lipinski definition) is 9. The van der Waals surface area contributed by atoms with Gasteiger partial charge in [0.05, 0.1) is 18.9 Å². The van der Waals surface area contributed by atoms with Crippen molar-refractivity contribution in [1.29, 1.82) is 0 Å². The lowest BCUT2D eigenvalue weighted by molar-refractivity contribution is -0.147. The van der Waals surface area contributed by atoms with Gasteiger partial charge in [0.2, 0.25) is 5.78 Å². The second-order valence-corrected chi connectivity index (χ2v) is 11.4. The van der Waals surface area contributed by atoms with Crippen molar-refractivity contribution in [3.8, 4) is 11.5 Å². The summed E-state index contributed by atoms with van der Waals surface area (Å²) in [6.45, 7) is 5.28. The molecule has 0 aliphatic rings. The van der Waals surface area contributed by atoms with Crippen molar-refractivity contribution in [2.75, 3.05) is 13.1 Å². The number of fused-ring (bicyclic) bond motifs is 2. The number of Topliss-reactive ketones (excluding diaryl/α,β-unsaturated/α-hetero) is 1. The van der Waals surface area contributed by atoms with Crippen molar-refractivity contribution < 1.29 is 33.4 Å². The Labute approximate surface area is 288 Å². The van der Waals surface area contributed by atoms with Crippen LogP contribution in [0.15, 0.2) is 59.0 Å². The Morgan fingerprint density at radius 3 is 1.68 bits per heavy atom. The van der Waals surface area contributed by atoms with Gasteiger partial charge < -0.3 is 30.1 Å². The molecule has 0 bridgehead atoms. The largest absolute Gasteiger partial charge is 0.426 e. The van der Waals surface area contributed by atoms with Gasteiger partial charge in [-0.1, -0.05) is 39.5 Å².